The van der Waals surface area contributed by atoms with E-state index in [1.54, 1.807) is 18.2 Å². The molecule has 0 saturated heterocycles. The molecule has 1 aliphatic rings. The van der Waals surface area contributed by atoms with E-state index in [0.29, 0.717) is 0 Å². The zero-order valence-corrected chi connectivity index (χ0v) is 11.4. The van der Waals surface area contributed by atoms with E-state index in [1.165, 1.54) is 24.3 Å². The second kappa shape index (κ2) is 4.71. The summed E-state index contributed by atoms with van der Waals surface area (Å²) in [6.07, 6.45) is 0. The Bertz CT molecular complexity index is 843. The Labute approximate surface area is 120 Å². The number of carbonyl (C=O) groups excluding carboxylic acids is 2. The van der Waals surface area contributed by atoms with Gasteiger partial charge in [-0.25, -0.2) is 0 Å². The van der Waals surface area contributed by atoms with Crippen molar-refractivity contribution in [2.45, 2.75) is 4.90 Å². The molecule has 0 fully saturated rings. The van der Waals surface area contributed by atoms with Crippen molar-refractivity contribution in [3.8, 4) is 5.75 Å². The van der Waals surface area contributed by atoms with Crippen molar-refractivity contribution in [2.24, 2.45) is 0 Å². The third-order valence-electron chi connectivity index (χ3n) is 2.95. The molecule has 106 valence electrons. The highest BCUT2D eigenvalue weighted by atomic mass is 32.2. The van der Waals surface area contributed by atoms with E-state index in [2.05, 4.69) is 5.32 Å². The van der Waals surface area contributed by atoms with Crippen LogP contribution in [0, 0.1) is 0 Å². The fraction of sp³-hybridized carbons (Fsp3) is 0. The first kappa shape index (κ1) is 13.3. The summed E-state index contributed by atoms with van der Waals surface area (Å²) in [5.41, 5.74) is 0.177. The second-order valence-electron chi connectivity index (χ2n) is 4.34. The Kier molecular flexibility index (Phi) is 2.99. The predicted octanol–water partition coefficient (Wildman–Crippen LogP) is 1.34. The summed E-state index contributed by atoms with van der Waals surface area (Å²) < 4.78 is 29.3. The average Bonchev–Trinajstić information content (AvgIpc) is 2.74. The van der Waals surface area contributed by atoms with Crippen molar-refractivity contribution in [2.75, 3.05) is 0 Å². The molecule has 0 bridgehead atoms. The third-order valence-corrected chi connectivity index (χ3v) is 4.19. The normalized spacial score (nSPS) is 13.7. The topological polar surface area (TPSA) is 89.5 Å². The number of hydrogen-bond acceptors (Lipinski definition) is 5. The average molecular weight is 303 g/mol. The van der Waals surface area contributed by atoms with Gasteiger partial charge in [-0.2, -0.15) is 8.42 Å². The summed E-state index contributed by atoms with van der Waals surface area (Å²) in [4.78, 5) is 22.8. The lowest BCUT2D eigenvalue weighted by Gasteiger charge is -2.07. The van der Waals surface area contributed by atoms with Crippen LogP contribution in [0.25, 0.3) is 0 Å². The Hall–Kier alpha value is -2.67. The van der Waals surface area contributed by atoms with Crippen molar-refractivity contribution >= 4 is 21.9 Å². The third kappa shape index (κ3) is 2.38. The molecule has 1 aliphatic heterocycles. The number of nitrogens with one attached hydrogen (secondary N) is 1. The molecular weight excluding hydrogens is 294 g/mol. The molecule has 7 heteroatoms. The van der Waals surface area contributed by atoms with Gasteiger partial charge in [-0.3, -0.25) is 14.9 Å². The molecule has 0 atom stereocenters. The van der Waals surface area contributed by atoms with Gasteiger partial charge in [-0.05, 0) is 30.3 Å². The lowest BCUT2D eigenvalue weighted by atomic mass is 10.1. The lowest BCUT2D eigenvalue weighted by molar-refractivity contribution is 0.0879. The van der Waals surface area contributed by atoms with E-state index < -0.39 is 21.9 Å². The summed E-state index contributed by atoms with van der Waals surface area (Å²) in [7, 11) is -4.07. The van der Waals surface area contributed by atoms with E-state index in [1.807, 2.05) is 0 Å². The monoisotopic (exact) mass is 303 g/mol. The van der Waals surface area contributed by atoms with E-state index >= 15 is 0 Å². The number of fused-ring (bicyclic) bond motifs is 1. The van der Waals surface area contributed by atoms with Crippen molar-refractivity contribution in [1.29, 1.82) is 0 Å². The highest BCUT2D eigenvalue weighted by molar-refractivity contribution is 7.87. The fourth-order valence-electron chi connectivity index (χ4n) is 1.95. The number of benzene rings is 2. The zero-order chi connectivity index (χ0) is 15.0. The van der Waals surface area contributed by atoms with E-state index in [9.17, 15) is 18.0 Å². The summed E-state index contributed by atoms with van der Waals surface area (Å²) in [5, 5.41) is 2.10. The van der Waals surface area contributed by atoms with Gasteiger partial charge in [0.1, 0.15) is 10.6 Å². The molecule has 2 amide bonds. The van der Waals surface area contributed by atoms with Gasteiger partial charge in [0, 0.05) is 0 Å². The Morgan fingerprint density at radius 2 is 1.52 bits per heavy atom. The van der Waals surface area contributed by atoms with Gasteiger partial charge in [0.15, 0.2) is 0 Å². The van der Waals surface area contributed by atoms with Gasteiger partial charge < -0.3 is 4.18 Å². The molecule has 0 aliphatic carbocycles. The number of amides is 2. The first-order chi connectivity index (χ1) is 9.97. The van der Waals surface area contributed by atoms with Gasteiger partial charge in [0.25, 0.3) is 11.8 Å². The zero-order valence-electron chi connectivity index (χ0n) is 10.6. The Morgan fingerprint density at radius 3 is 2.24 bits per heavy atom. The number of carbonyl (C=O) groups is 2. The Morgan fingerprint density at radius 1 is 0.857 bits per heavy atom. The number of para-hydroxylation sites is 1. The van der Waals surface area contributed by atoms with Gasteiger partial charge in [0.2, 0.25) is 0 Å². The maximum atomic E-state index is 12.2. The largest absolute Gasteiger partial charge is 0.379 e. The van der Waals surface area contributed by atoms with Crippen LogP contribution in [-0.2, 0) is 10.1 Å². The molecule has 2 aromatic rings. The summed E-state index contributed by atoms with van der Waals surface area (Å²) in [6, 6.07) is 11.7. The summed E-state index contributed by atoms with van der Waals surface area (Å²) >= 11 is 0. The molecule has 2 aromatic carbocycles. The van der Waals surface area contributed by atoms with Crippen LogP contribution >= 0.6 is 0 Å². The van der Waals surface area contributed by atoms with Gasteiger partial charge in [0.05, 0.1) is 11.1 Å². The summed E-state index contributed by atoms with van der Waals surface area (Å²) in [6.45, 7) is 0. The van der Waals surface area contributed by atoms with Gasteiger partial charge >= 0.3 is 10.1 Å². The smallest absolute Gasteiger partial charge is 0.339 e. The standard InChI is InChI=1S/C14H9NO5S/c16-13-11-7-6-10(8-12(11)14(17)15-13)21(18,19)20-9-4-2-1-3-5-9/h1-8H,(H,15,16,17). The molecule has 21 heavy (non-hydrogen) atoms. The van der Waals surface area contributed by atoms with Gasteiger partial charge in [-0.1, -0.05) is 18.2 Å². The molecule has 1 N–H and O–H groups in total. The van der Waals surface area contributed by atoms with Gasteiger partial charge in [-0.15, -0.1) is 0 Å². The summed E-state index contributed by atoms with van der Waals surface area (Å²) in [5.74, 6) is -0.992. The van der Waals surface area contributed by atoms with Crippen LogP contribution in [0.2, 0.25) is 0 Å². The molecule has 0 unspecified atom stereocenters. The minimum Gasteiger partial charge on any atom is -0.379 e. The number of hydrogen-bond donors (Lipinski definition) is 1. The maximum absolute atomic E-state index is 12.2. The van der Waals surface area contributed by atoms with Crippen LogP contribution in [0.3, 0.4) is 0 Å². The molecular formula is C14H9NO5S. The van der Waals surface area contributed by atoms with Crippen molar-refractivity contribution in [3.63, 3.8) is 0 Å². The molecule has 3 rings (SSSR count). The minimum absolute atomic E-state index is 0.0257. The Balaban J connectivity index is 1.99. The SMILES string of the molecule is O=C1NC(=O)c2cc(S(=O)(=O)Oc3ccccc3)ccc21. The minimum atomic E-state index is -4.07. The molecule has 0 radical (unpaired) electrons. The van der Waals surface area contributed by atoms with Crippen LogP contribution in [0.5, 0.6) is 5.75 Å². The van der Waals surface area contributed by atoms with E-state index in [4.69, 9.17) is 4.18 Å². The number of rotatable bonds is 3. The van der Waals surface area contributed by atoms with Crippen molar-refractivity contribution < 1.29 is 22.2 Å². The molecule has 0 aromatic heterocycles. The fourth-order valence-corrected chi connectivity index (χ4v) is 2.91. The van der Waals surface area contributed by atoms with Crippen LogP contribution in [-0.4, -0.2) is 20.2 Å². The first-order valence-corrected chi connectivity index (χ1v) is 7.37. The molecule has 0 saturated carbocycles. The van der Waals surface area contributed by atoms with Crippen LogP contribution < -0.4 is 9.50 Å². The molecule has 6 nitrogen and oxygen atoms in total. The van der Waals surface area contributed by atoms with E-state index in [-0.39, 0.29) is 21.8 Å². The van der Waals surface area contributed by atoms with Crippen LogP contribution in [0.1, 0.15) is 20.7 Å². The molecule has 0 spiro atoms. The van der Waals surface area contributed by atoms with Crippen LogP contribution in [0.4, 0.5) is 0 Å². The highest BCUT2D eigenvalue weighted by Crippen LogP contribution is 2.23. The second-order valence-corrected chi connectivity index (χ2v) is 5.89. The van der Waals surface area contributed by atoms with Crippen molar-refractivity contribution in [1.82, 2.24) is 5.32 Å². The quantitative estimate of drug-likeness (QED) is 0.682. The molecule has 1 heterocycles. The lowest BCUT2D eigenvalue weighted by Crippen LogP contribution is -2.19. The van der Waals surface area contributed by atoms with Crippen LogP contribution in [0.15, 0.2) is 53.4 Å². The van der Waals surface area contributed by atoms with E-state index in [0.717, 1.165) is 6.07 Å². The maximum Gasteiger partial charge on any atom is 0.339 e. The predicted molar refractivity (Wildman–Crippen MR) is 72.5 cm³/mol. The first-order valence-electron chi connectivity index (χ1n) is 5.97. The van der Waals surface area contributed by atoms with Crippen molar-refractivity contribution in [3.05, 3.63) is 59.7 Å². The number of imide groups is 1. The highest BCUT2D eigenvalue weighted by Gasteiger charge is 2.29.